The molecule has 0 heterocycles. The van der Waals surface area contributed by atoms with E-state index in [2.05, 4.69) is 17.6 Å². The van der Waals surface area contributed by atoms with Gasteiger partial charge in [0, 0.05) is 0 Å². The van der Waals surface area contributed by atoms with Crippen molar-refractivity contribution in [2.75, 3.05) is 19.7 Å². The van der Waals surface area contributed by atoms with Gasteiger partial charge in [0.15, 0.2) is 0 Å². The second kappa shape index (κ2) is 6.79. The Kier molecular flexibility index (Phi) is 6.49. The van der Waals surface area contributed by atoms with Crippen LogP contribution in [-0.2, 0) is 4.79 Å². The van der Waals surface area contributed by atoms with Crippen LogP contribution in [0.2, 0.25) is 0 Å². The Balaban J connectivity index is 3.80. The van der Waals surface area contributed by atoms with Crippen LogP contribution >= 0.6 is 0 Å². The number of carbonyl (C=O) groups excluding carboxylic acids is 1. The minimum absolute atomic E-state index is 0.0248. The lowest BCUT2D eigenvalue weighted by molar-refractivity contribution is -0.122. The highest BCUT2D eigenvalue weighted by atomic mass is 16.3. The third kappa shape index (κ3) is 5.19. The van der Waals surface area contributed by atoms with E-state index in [-0.39, 0.29) is 12.5 Å². The molecule has 0 aliphatic carbocycles. The van der Waals surface area contributed by atoms with Gasteiger partial charge in [0.25, 0.3) is 0 Å². The number of hydrogen-bond acceptors (Lipinski definition) is 3. The second-order valence-electron chi connectivity index (χ2n) is 3.80. The highest BCUT2D eigenvalue weighted by molar-refractivity contribution is 5.78. The zero-order valence-electron chi connectivity index (χ0n) is 9.39. The van der Waals surface area contributed by atoms with Gasteiger partial charge in [0.2, 0.25) is 5.91 Å². The molecule has 0 saturated heterocycles. The van der Waals surface area contributed by atoms with Gasteiger partial charge in [0.05, 0.1) is 18.7 Å². The SMILES string of the molecule is CCCNCC(=O)NC(C)(CC)CO. The Morgan fingerprint density at radius 1 is 1.43 bits per heavy atom. The Bertz CT molecular complexity index is 168. The Labute approximate surface area is 86.1 Å². The van der Waals surface area contributed by atoms with Gasteiger partial charge in [-0.3, -0.25) is 4.79 Å². The van der Waals surface area contributed by atoms with E-state index in [4.69, 9.17) is 5.11 Å². The number of amides is 1. The summed E-state index contributed by atoms with van der Waals surface area (Å²) in [6.45, 7) is 6.97. The molecular formula is C10H22N2O2. The smallest absolute Gasteiger partial charge is 0.234 e. The average Bonchev–Trinajstić information content (AvgIpc) is 2.18. The molecule has 4 heteroatoms. The van der Waals surface area contributed by atoms with E-state index in [1.807, 2.05) is 13.8 Å². The van der Waals surface area contributed by atoms with Crippen molar-refractivity contribution in [3.8, 4) is 0 Å². The van der Waals surface area contributed by atoms with Crippen LogP contribution in [0.4, 0.5) is 0 Å². The third-order valence-corrected chi connectivity index (χ3v) is 2.28. The number of carbonyl (C=O) groups is 1. The minimum atomic E-state index is -0.481. The molecule has 1 amide bonds. The maximum atomic E-state index is 11.4. The topological polar surface area (TPSA) is 61.4 Å². The van der Waals surface area contributed by atoms with Crippen LogP contribution in [0.25, 0.3) is 0 Å². The molecule has 0 bridgehead atoms. The van der Waals surface area contributed by atoms with Crippen molar-refractivity contribution in [2.45, 2.75) is 39.2 Å². The highest BCUT2D eigenvalue weighted by Crippen LogP contribution is 2.06. The lowest BCUT2D eigenvalue weighted by atomic mass is 10.0. The normalized spacial score (nSPS) is 14.9. The van der Waals surface area contributed by atoms with Crippen LogP contribution in [0, 0.1) is 0 Å². The molecule has 0 aromatic rings. The van der Waals surface area contributed by atoms with Crippen molar-refractivity contribution in [3.63, 3.8) is 0 Å². The Morgan fingerprint density at radius 2 is 2.07 bits per heavy atom. The fourth-order valence-electron chi connectivity index (χ4n) is 0.999. The van der Waals surface area contributed by atoms with E-state index >= 15 is 0 Å². The van der Waals surface area contributed by atoms with Gasteiger partial charge in [-0.15, -0.1) is 0 Å². The molecule has 0 spiro atoms. The number of hydrogen-bond donors (Lipinski definition) is 3. The van der Waals surface area contributed by atoms with Crippen molar-refractivity contribution in [1.29, 1.82) is 0 Å². The fraction of sp³-hybridized carbons (Fsp3) is 0.900. The predicted molar refractivity (Wildman–Crippen MR) is 57.1 cm³/mol. The summed E-state index contributed by atoms with van der Waals surface area (Å²) < 4.78 is 0. The van der Waals surface area contributed by atoms with Crippen LogP contribution in [0.3, 0.4) is 0 Å². The number of aliphatic hydroxyl groups excluding tert-OH is 1. The number of rotatable bonds is 7. The first-order valence-corrected chi connectivity index (χ1v) is 5.20. The van der Waals surface area contributed by atoms with Gasteiger partial charge < -0.3 is 15.7 Å². The lowest BCUT2D eigenvalue weighted by Gasteiger charge is -2.27. The molecule has 0 aromatic heterocycles. The molecule has 0 saturated carbocycles. The van der Waals surface area contributed by atoms with Crippen molar-refractivity contribution >= 4 is 5.91 Å². The summed E-state index contributed by atoms with van der Waals surface area (Å²) in [6, 6.07) is 0. The molecule has 0 aliphatic rings. The first-order chi connectivity index (χ1) is 6.58. The van der Waals surface area contributed by atoms with Gasteiger partial charge in [0.1, 0.15) is 0 Å². The molecule has 84 valence electrons. The van der Waals surface area contributed by atoms with E-state index in [1.165, 1.54) is 0 Å². The third-order valence-electron chi connectivity index (χ3n) is 2.28. The van der Waals surface area contributed by atoms with E-state index in [1.54, 1.807) is 0 Å². The summed E-state index contributed by atoms with van der Waals surface area (Å²) in [6.07, 6.45) is 1.74. The predicted octanol–water partition coefficient (Wildman–Crippen LogP) is 0.263. The van der Waals surface area contributed by atoms with Gasteiger partial charge in [-0.1, -0.05) is 13.8 Å². The maximum absolute atomic E-state index is 11.4. The molecular weight excluding hydrogens is 180 g/mol. The van der Waals surface area contributed by atoms with E-state index in [9.17, 15) is 4.79 Å². The van der Waals surface area contributed by atoms with Crippen LogP contribution in [0.15, 0.2) is 0 Å². The van der Waals surface area contributed by atoms with Crippen LogP contribution in [0.5, 0.6) is 0 Å². The first-order valence-electron chi connectivity index (χ1n) is 5.20. The molecule has 1 atom stereocenters. The number of aliphatic hydroxyl groups is 1. The van der Waals surface area contributed by atoms with Crippen molar-refractivity contribution in [1.82, 2.24) is 10.6 Å². The zero-order valence-corrected chi connectivity index (χ0v) is 9.39. The lowest BCUT2D eigenvalue weighted by Crippen LogP contribution is -2.51. The monoisotopic (exact) mass is 202 g/mol. The van der Waals surface area contributed by atoms with E-state index in [0.717, 1.165) is 19.4 Å². The Hall–Kier alpha value is -0.610. The molecule has 0 fully saturated rings. The molecule has 4 nitrogen and oxygen atoms in total. The van der Waals surface area contributed by atoms with E-state index < -0.39 is 5.54 Å². The van der Waals surface area contributed by atoms with Crippen molar-refractivity contribution in [3.05, 3.63) is 0 Å². The first kappa shape index (κ1) is 13.4. The summed E-state index contributed by atoms with van der Waals surface area (Å²) in [5.74, 6) is -0.0585. The van der Waals surface area contributed by atoms with Crippen LogP contribution < -0.4 is 10.6 Å². The Morgan fingerprint density at radius 3 is 2.50 bits per heavy atom. The summed E-state index contributed by atoms with van der Waals surface area (Å²) in [5, 5.41) is 14.9. The standard InChI is InChI=1S/C10H22N2O2/c1-4-6-11-7-9(14)12-10(3,5-2)8-13/h11,13H,4-8H2,1-3H3,(H,12,14). The van der Waals surface area contributed by atoms with E-state index in [0.29, 0.717) is 6.54 Å². The molecule has 0 aliphatic heterocycles. The van der Waals surface area contributed by atoms with Crippen LogP contribution in [0.1, 0.15) is 33.6 Å². The number of nitrogens with one attached hydrogen (secondary N) is 2. The largest absolute Gasteiger partial charge is 0.394 e. The zero-order chi connectivity index (χ0) is 11.0. The minimum Gasteiger partial charge on any atom is -0.394 e. The molecule has 3 N–H and O–H groups in total. The summed E-state index contributed by atoms with van der Waals surface area (Å²) >= 11 is 0. The summed E-state index contributed by atoms with van der Waals surface area (Å²) in [7, 11) is 0. The fourth-order valence-corrected chi connectivity index (χ4v) is 0.999. The van der Waals surface area contributed by atoms with Crippen LogP contribution in [-0.4, -0.2) is 36.2 Å². The van der Waals surface area contributed by atoms with Crippen molar-refractivity contribution < 1.29 is 9.90 Å². The van der Waals surface area contributed by atoms with Gasteiger partial charge in [-0.25, -0.2) is 0 Å². The highest BCUT2D eigenvalue weighted by Gasteiger charge is 2.22. The molecule has 14 heavy (non-hydrogen) atoms. The summed E-state index contributed by atoms with van der Waals surface area (Å²) in [4.78, 5) is 11.4. The summed E-state index contributed by atoms with van der Waals surface area (Å²) in [5.41, 5.74) is -0.481. The quantitative estimate of drug-likeness (QED) is 0.519. The van der Waals surface area contributed by atoms with Gasteiger partial charge in [-0.2, -0.15) is 0 Å². The average molecular weight is 202 g/mol. The van der Waals surface area contributed by atoms with Gasteiger partial charge in [-0.05, 0) is 26.3 Å². The maximum Gasteiger partial charge on any atom is 0.234 e. The molecule has 1 unspecified atom stereocenters. The molecule has 0 radical (unpaired) electrons. The van der Waals surface area contributed by atoms with Gasteiger partial charge >= 0.3 is 0 Å². The second-order valence-corrected chi connectivity index (χ2v) is 3.80. The molecule has 0 aromatic carbocycles. The molecule has 0 rings (SSSR count). The van der Waals surface area contributed by atoms with Crippen molar-refractivity contribution in [2.24, 2.45) is 0 Å².